The molecule has 0 spiro atoms. The van der Waals surface area contributed by atoms with E-state index in [0.29, 0.717) is 18.1 Å². The fourth-order valence-corrected chi connectivity index (χ4v) is 4.82. The Morgan fingerprint density at radius 3 is 2.74 bits per heavy atom. The molecule has 6 nitrogen and oxygen atoms in total. The first-order valence-corrected chi connectivity index (χ1v) is 9.87. The summed E-state index contributed by atoms with van der Waals surface area (Å²) in [5.74, 6) is 0.0535. The number of carboxylic acids is 1. The molecule has 1 aliphatic rings. The van der Waals surface area contributed by atoms with Crippen molar-refractivity contribution in [3.05, 3.63) is 52.2 Å². The number of aromatic nitrogens is 2. The third kappa shape index (κ3) is 3.52. The molecule has 3 aromatic rings. The number of hydrogen-bond donors (Lipinski definition) is 3. The Labute approximate surface area is 160 Å². The number of rotatable bonds is 6. The van der Waals surface area contributed by atoms with Crippen LogP contribution >= 0.6 is 11.3 Å². The molecule has 0 saturated heterocycles. The molecule has 27 heavy (non-hydrogen) atoms. The van der Waals surface area contributed by atoms with Gasteiger partial charge in [-0.25, -0.2) is 14.8 Å². The Bertz CT molecular complexity index is 985. The summed E-state index contributed by atoms with van der Waals surface area (Å²) in [6.45, 7) is 1.47. The fourth-order valence-electron chi connectivity index (χ4n) is 3.54. The Kier molecular flexibility index (Phi) is 4.80. The number of carbonyl (C=O) groups is 1. The molecular weight excluding hydrogens is 362 g/mol. The zero-order valence-corrected chi connectivity index (χ0v) is 15.8. The van der Waals surface area contributed by atoms with Crippen molar-refractivity contribution < 1.29 is 15.0 Å². The van der Waals surface area contributed by atoms with Crippen molar-refractivity contribution in [1.82, 2.24) is 9.97 Å². The van der Waals surface area contributed by atoms with Crippen LogP contribution in [-0.4, -0.2) is 38.3 Å². The van der Waals surface area contributed by atoms with E-state index >= 15 is 0 Å². The molecule has 1 aromatic carbocycles. The number of thiophene rings is 1. The first-order valence-electron chi connectivity index (χ1n) is 9.05. The summed E-state index contributed by atoms with van der Waals surface area (Å²) in [4.78, 5) is 23.2. The summed E-state index contributed by atoms with van der Waals surface area (Å²) in [6.07, 6.45) is 2.61. The first-order chi connectivity index (χ1) is 13.0. The van der Waals surface area contributed by atoms with E-state index in [1.807, 2.05) is 30.3 Å². The second-order valence-electron chi connectivity index (χ2n) is 6.89. The average Bonchev–Trinajstić information content (AvgIpc) is 3.20. The van der Waals surface area contributed by atoms with Gasteiger partial charge in [-0.3, -0.25) is 0 Å². The van der Waals surface area contributed by atoms with Crippen LogP contribution in [0.25, 0.3) is 10.2 Å². The van der Waals surface area contributed by atoms with Crippen LogP contribution < -0.4 is 5.32 Å². The quantitative estimate of drug-likeness (QED) is 0.606. The van der Waals surface area contributed by atoms with Crippen LogP contribution in [0.15, 0.2) is 30.3 Å². The lowest BCUT2D eigenvalue weighted by Gasteiger charge is -2.19. The number of nitrogens with one attached hydrogen (secondary N) is 1. The number of hydrogen-bond acceptors (Lipinski definition) is 6. The molecule has 3 N–H and O–H groups in total. The lowest BCUT2D eigenvalue weighted by Crippen LogP contribution is -2.39. The van der Waals surface area contributed by atoms with E-state index in [0.717, 1.165) is 35.0 Å². The Morgan fingerprint density at radius 2 is 2.04 bits per heavy atom. The zero-order valence-electron chi connectivity index (χ0n) is 15.0. The van der Waals surface area contributed by atoms with E-state index in [1.165, 1.54) is 17.4 Å². The summed E-state index contributed by atoms with van der Waals surface area (Å²) in [5, 5.41) is 23.2. The number of carboxylic acid groups (broad SMARTS) is 1. The van der Waals surface area contributed by atoms with Crippen LogP contribution in [0.5, 0.6) is 0 Å². The molecule has 0 amide bonds. The summed E-state index contributed by atoms with van der Waals surface area (Å²) in [5.41, 5.74) is 2.32. The van der Waals surface area contributed by atoms with Gasteiger partial charge in [0.25, 0.3) is 0 Å². The number of aliphatic hydroxyl groups excluding tert-OH is 1. The van der Waals surface area contributed by atoms with Crippen LogP contribution in [0.3, 0.4) is 0 Å². The predicted octanol–water partition coefficient (Wildman–Crippen LogP) is 3.02. The molecule has 2 atom stereocenters. The number of aliphatic hydroxyl groups is 1. The van der Waals surface area contributed by atoms with Crippen molar-refractivity contribution in [3.63, 3.8) is 0 Å². The highest BCUT2D eigenvalue weighted by Crippen LogP contribution is 2.39. The smallest absolute Gasteiger partial charge is 0.328 e. The predicted molar refractivity (Wildman–Crippen MR) is 105 cm³/mol. The van der Waals surface area contributed by atoms with Crippen molar-refractivity contribution in [1.29, 1.82) is 0 Å². The molecule has 0 radical (unpaired) electrons. The van der Waals surface area contributed by atoms with E-state index in [-0.39, 0.29) is 0 Å². The standard InChI is InChI=1S/C20H21N3O3S/c1-11(24)17(20(25)26)23-18-16-13-8-5-9-14(13)27-19(16)22-15(21-18)10-12-6-3-2-4-7-12/h2-4,6-7,11,17,24H,5,8-10H2,1H3,(H,25,26)(H,21,22,23). The number of anilines is 1. The molecule has 2 heterocycles. The highest BCUT2D eigenvalue weighted by atomic mass is 32.1. The summed E-state index contributed by atoms with van der Waals surface area (Å²) < 4.78 is 0. The summed E-state index contributed by atoms with van der Waals surface area (Å²) in [7, 11) is 0. The molecule has 140 valence electrons. The maximum atomic E-state index is 11.6. The van der Waals surface area contributed by atoms with Gasteiger partial charge in [-0.15, -0.1) is 11.3 Å². The highest BCUT2D eigenvalue weighted by molar-refractivity contribution is 7.19. The van der Waals surface area contributed by atoms with Crippen molar-refractivity contribution in [3.8, 4) is 0 Å². The van der Waals surface area contributed by atoms with Gasteiger partial charge >= 0.3 is 5.97 Å². The molecule has 0 saturated carbocycles. The third-order valence-corrected chi connectivity index (χ3v) is 6.04. The Morgan fingerprint density at radius 1 is 1.26 bits per heavy atom. The van der Waals surface area contributed by atoms with Crippen LogP contribution in [0, 0.1) is 0 Å². The SMILES string of the molecule is CC(O)C(Nc1nc(Cc2ccccc2)nc2sc3c(c12)CCC3)C(=O)O. The monoisotopic (exact) mass is 383 g/mol. The van der Waals surface area contributed by atoms with Gasteiger partial charge in [-0.2, -0.15) is 0 Å². The second-order valence-corrected chi connectivity index (χ2v) is 7.97. The van der Waals surface area contributed by atoms with Crippen LogP contribution in [0.4, 0.5) is 5.82 Å². The second kappa shape index (κ2) is 7.25. The Hall–Kier alpha value is -2.51. The molecule has 2 unspecified atom stereocenters. The minimum Gasteiger partial charge on any atom is -0.480 e. The van der Waals surface area contributed by atoms with Crippen molar-refractivity contribution in [2.45, 2.75) is 44.8 Å². The van der Waals surface area contributed by atoms with Crippen molar-refractivity contribution in [2.24, 2.45) is 0 Å². The van der Waals surface area contributed by atoms with Gasteiger partial charge < -0.3 is 15.5 Å². The van der Waals surface area contributed by atoms with Crippen LogP contribution in [-0.2, 0) is 24.1 Å². The van der Waals surface area contributed by atoms with E-state index in [1.54, 1.807) is 11.3 Å². The summed E-state index contributed by atoms with van der Waals surface area (Å²) in [6, 6.07) is 8.83. The molecule has 0 bridgehead atoms. The van der Waals surface area contributed by atoms with E-state index in [9.17, 15) is 15.0 Å². The average molecular weight is 383 g/mol. The number of aryl methyl sites for hydroxylation is 2. The van der Waals surface area contributed by atoms with Crippen molar-refractivity contribution >= 4 is 33.3 Å². The molecule has 0 aliphatic heterocycles. The van der Waals surface area contributed by atoms with Gasteiger partial charge in [0, 0.05) is 11.3 Å². The molecular formula is C20H21N3O3S. The third-order valence-electron chi connectivity index (χ3n) is 4.86. The normalized spacial score (nSPS) is 15.5. The number of aliphatic carboxylic acids is 1. The Balaban J connectivity index is 1.79. The largest absolute Gasteiger partial charge is 0.480 e. The maximum absolute atomic E-state index is 11.6. The van der Waals surface area contributed by atoms with Crippen LogP contribution in [0.2, 0.25) is 0 Å². The van der Waals surface area contributed by atoms with E-state index in [4.69, 9.17) is 4.98 Å². The van der Waals surface area contributed by atoms with Gasteiger partial charge in [0.2, 0.25) is 0 Å². The highest BCUT2D eigenvalue weighted by Gasteiger charge is 2.27. The van der Waals surface area contributed by atoms with Crippen molar-refractivity contribution in [2.75, 3.05) is 5.32 Å². The lowest BCUT2D eigenvalue weighted by atomic mass is 10.1. The van der Waals surface area contributed by atoms with E-state index in [2.05, 4.69) is 10.3 Å². The minimum atomic E-state index is -1.12. The molecule has 1 aliphatic carbocycles. The fraction of sp³-hybridized carbons (Fsp3) is 0.350. The number of nitrogens with zero attached hydrogens (tertiary/aromatic N) is 2. The van der Waals surface area contributed by atoms with E-state index < -0.39 is 18.1 Å². The molecule has 7 heteroatoms. The molecule has 0 fully saturated rings. The number of benzene rings is 1. The molecule has 2 aromatic heterocycles. The van der Waals surface area contributed by atoms with Crippen LogP contribution in [0.1, 0.15) is 35.2 Å². The molecule has 4 rings (SSSR count). The lowest BCUT2D eigenvalue weighted by molar-refractivity contribution is -0.140. The minimum absolute atomic E-state index is 0.513. The van der Waals surface area contributed by atoms with Gasteiger partial charge in [-0.1, -0.05) is 30.3 Å². The van der Waals surface area contributed by atoms with Gasteiger partial charge in [0.1, 0.15) is 16.5 Å². The van der Waals surface area contributed by atoms with Gasteiger partial charge in [0.15, 0.2) is 6.04 Å². The summed E-state index contributed by atoms with van der Waals surface area (Å²) >= 11 is 1.67. The van der Waals surface area contributed by atoms with Gasteiger partial charge in [0.05, 0.1) is 11.5 Å². The zero-order chi connectivity index (χ0) is 19.0. The first kappa shape index (κ1) is 17.9. The maximum Gasteiger partial charge on any atom is 0.328 e. The topological polar surface area (TPSA) is 95.3 Å². The van der Waals surface area contributed by atoms with Gasteiger partial charge in [-0.05, 0) is 37.3 Å². The number of fused-ring (bicyclic) bond motifs is 3.